The number of para-hydroxylation sites is 1. The van der Waals surface area contributed by atoms with Crippen LogP contribution in [0.3, 0.4) is 0 Å². The molecule has 0 aliphatic heterocycles. The minimum atomic E-state index is -1.13. The lowest BCUT2D eigenvalue weighted by molar-refractivity contribution is 0.209. The number of hydrogen-bond acceptors (Lipinski definition) is 6. The van der Waals surface area contributed by atoms with Crippen LogP contribution in [0.25, 0.3) is 10.2 Å². The molecule has 1 aromatic carbocycles. The molecule has 2 heterocycles. The summed E-state index contributed by atoms with van der Waals surface area (Å²) >= 11 is 3.12. The fraction of sp³-hybridized carbons (Fsp3) is 0.0769. The highest BCUT2D eigenvalue weighted by molar-refractivity contribution is 7.98. The van der Waals surface area contributed by atoms with Crippen LogP contribution in [0.1, 0.15) is 5.01 Å². The zero-order valence-electron chi connectivity index (χ0n) is 10.7. The van der Waals surface area contributed by atoms with E-state index in [1.165, 1.54) is 24.2 Å². The van der Waals surface area contributed by atoms with Crippen molar-refractivity contribution in [2.24, 2.45) is 0 Å². The number of rotatable bonds is 4. The van der Waals surface area contributed by atoms with Crippen molar-refractivity contribution in [1.29, 1.82) is 0 Å². The Morgan fingerprint density at radius 1 is 1.29 bits per heavy atom. The molecular weight excluding hydrogens is 308 g/mol. The number of benzene rings is 1. The van der Waals surface area contributed by atoms with Gasteiger partial charge in [0.25, 0.3) is 0 Å². The minimum Gasteiger partial charge on any atom is -0.465 e. The van der Waals surface area contributed by atoms with Gasteiger partial charge in [-0.05, 0) is 12.1 Å². The van der Waals surface area contributed by atoms with Crippen LogP contribution in [0.2, 0.25) is 0 Å². The molecule has 2 aromatic heterocycles. The van der Waals surface area contributed by atoms with Gasteiger partial charge in [0, 0.05) is 0 Å². The van der Waals surface area contributed by atoms with Crippen LogP contribution >= 0.6 is 23.1 Å². The van der Waals surface area contributed by atoms with Crippen molar-refractivity contribution < 1.29 is 9.90 Å². The Labute approximate surface area is 128 Å². The summed E-state index contributed by atoms with van der Waals surface area (Å²) in [4.78, 5) is 23.2. The molecule has 0 fully saturated rings. The van der Waals surface area contributed by atoms with Gasteiger partial charge in [0.05, 0.1) is 34.1 Å². The van der Waals surface area contributed by atoms with E-state index in [9.17, 15) is 4.79 Å². The van der Waals surface area contributed by atoms with Crippen molar-refractivity contribution >= 4 is 45.1 Å². The molecule has 8 heteroatoms. The molecule has 0 atom stereocenters. The van der Waals surface area contributed by atoms with E-state index < -0.39 is 6.09 Å². The summed E-state index contributed by atoms with van der Waals surface area (Å²) in [5.74, 6) is 0.686. The molecule has 0 unspecified atom stereocenters. The molecule has 1 amide bonds. The molecule has 0 aliphatic rings. The summed E-state index contributed by atoms with van der Waals surface area (Å²) in [6.07, 6.45) is 1.76. The molecule has 3 aromatic rings. The fourth-order valence-electron chi connectivity index (χ4n) is 1.69. The third-order valence-electron chi connectivity index (χ3n) is 2.54. The smallest absolute Gasteiger partial charge is 0.409 e. The van der Waals surface area contributed by atoms with E-state index in [-0.39, 0.29) is 0 Å². The number of thiazole rings is 1. The van der Waals surface area contributed by atoms with Crippen LogP contribution in [0.15, 0.2) is 41.8 Å². The van der Waals surface area contributed by atoms with Crippen LogP contribution in [-0.2, 0) is 5.75 Å². The van der Waals surface area contributed by atoms with Gasteiger partial charge in [0.1, 0.15) is 5.01 Å². The predicted molar refractivity (Wildman–Crippen MR) is 82.9 cm³/mol. The minimum absolute atomic E-state index is 0.354. The van der Waals surface area contributed by atoms with Crippen LogP contribution in [-0.4, -0.2) is 26.2 Å². The Kier molecular flexibility index (Phi) is 3.98. The predicted octanol–water partition coefficient (Wildman–Crippen LogP) is 3.47. The molecule has 0 aliphatic carbocycles. The van der Waals surface area contributed by atoms with Gasteiger partial charge in [-0.2, -0.15) is 0 Å². The van der Waals surface area contributed by atoms with Crippen LogP contribution in [0.5, 0.6) is 0 Å². The first-order valence-corrected chi connectivity index (χ1v) is 7.80. The molecule has 0 bridgehead atoms. The number of carbonyl (C=O) groups is 1. The van der Waals surface area contributed by atoms with E-state index in [1.807, 2.05) is 24.3 Å². The molecule has 106 valence electrons. The van der Waals surface area contributed by atoms with Gasteiger partial charge < -0.3 is 5.11 Å². The lowest BCUT2D eigenvalue weighted by Gasteiger charge is -2.00. The largest absolute Gasteiger partial charge is 0.465 e. The van der Waals surface area contributed by atoms with Crippen LogP contribution in [0.4, 0.5) is 10.5 Å². The molecule has 3 rings (SSSR count). The number of hydrogen-bond donors (Lipinski definition) is 2. The quantitative estimate of drug-likeness (QED) is 0.565. The normalized spacial score (nSPS) is 10.7. The first-order chi connectivity index (χ1) is 10.2. The van der Waals surface area contributed by atoms with Crippen molar-refractivity contribution in [2.45, 2.75) is 10.9 Å². The zero-order chi connectivity index (χ0) is 14.7. The lowest BCUT2D eigenvalue weighted by Crippen LogP contribution is -2.07. The monoisotopic (exact) mass is 318 g/mol. The number of nitrogens with zero attached hydrogens (tertiary/aromatic N) is 3. The topological polar surface area (TPSA) is 88.0 Å². The van der Waals surface area contributed by atoms with Crippen LogP contribution < -0.4 is 5.32 Å². The summed E-state index contributed by atoms with van der Waals surface area (Å²) < 4.78 is 1.16. The van der Waals surface area contributed by atoms with Crippen molar-refractivity contribution in [3.8, 4) is 0 Å². The first-order valence-electron chi connectivity index (χ1n) is 6.00. The van der Waals surface area contributed by atoms with Gasteiger partial charge in [0.2, 0.25) is 0 Å². The molecular formula is C13H10N4O2S2. The highest BCUT2D eigenvalue weighted by Gasteiger charge is 2.06. The van der Waals surface area contributed by atoms with Gasteiger partial charge in [-0.15, -0.1) is 11.3 Å². The van der Waals surface area contributed by atoms with Crippen LogP contribution in [0, 0.1) is 0 Å². The van der Waals surface area contributed by atoms with Gasteiger partial charge in [-0.25, -0.2) is 19.7 Å². The molecule has 6 nitrogen and oxygen atoms in total. The Morgan fingerprint density at radius 3 is 2.76 bits per heavy atom. The maximum Gasteiger partial charge on any atom is 0.409 e. The summed E-state index contributed by atoms with van der Waals surface area (Å²) in [5.41, 5.74) is 1.35. The Balaban J connectivity index is 1.65. The summed E-state index contributed by atoms with van der Waals surface area (Å²) in [5, 5.41) is 12.4. The second kappa shape index (κ2) is 6.06. The van der Waals surface area contributed by atoms with Gasteiger partial charge in [-0.1, -0.05) is 23.9 Å². The van der Waals surface area contributed by atoms with Crippen molar-refractivity contribution in [2.75, 3.05) is 5.32 Å². The third-order valence-corrected chi connectivity index (χ3v) is 4.65. The molecule has 0 spiro atoms. The maximum atomic E-state index is 10.5. The van der Waals surface area contributed by atoms with E-state index >= 15 is 0 Å². The fourth-order valence-corrected chi connectivity index (χ4v) is 3.43. The number of thioether (sulfide) groups is 1. The number of nitrogens with one attached hydrogen (secondary N) is 1. The van der Waals surface area contributed by atoms with Gasteiger partial charge in [-0.3, -0.25) is 5.32 Å². The average molecular weight is 318 g/mol. The summed E-state index contributed by atoms with van der Waals surface area (Å²) in [6.45, 7) is 0. The summed E-state index contributed by atoms with van der Waals surface area (Å²) in [6, 6.07) is 8.00. The van der Waals surface area contributed by atoms with Crippen molar-refractivity contribution in [3.05, 3.63) is 41.7 Å². The molecule has 0 radical (unpaired) electrons. The Morgan fingerprint density at radius 2 is 2.05 bits per heavy atom. The van der Waals surface area contributed by atoms with Crippen molar-refractivity contribution in [3.63, 3.8) is 0 Å². The van der Waals surface area contributed by atoms with E-state index in [0.717, 1.165) is 15.2 Å². The second-order valence-electron chi connectivity index (χ2n) is 4.05. The molecule has 0 saturated carbocycles. The van der Waals surface area contributed by atoms with Crippen molar-refractivity contribution in [1.82, 2.24) is 15.0 Å². The molecule has 21 heavy (non-hydrogen) atoms. The number of aromatic nitrogens is 3. The highest BCUT2D eigenvalue weighted by Crippen LogP contribution is 2.26. The average Bonchev–Trinajstić information content (AvgIpc) is 2.89. The SMILES string of the molecule is O=C(O)Nc1cnc(SCc2nc3ccccc3s2)nc1. The first kappa shape index (κ1) is 13.8. The number of carboxylic acid groups (broad SMARTS) is 1. The van der Waals surface area contributed by atoms with E-state index in [1.54, 1.807) is 11.3 Å². The van der Waals surface area contributed by atoms with E-state index in [2.05, 4.69) is 20.3 Å². The maximum absolute atomic E-state index is 10.5. The van der Waals surface area contributed by atoms with E-state index in [0.29, 0.717) is 16.6 Å². The Bertz CT molecular complexity index is 740. The number of anilines is 1. The lowest BCUT2D eigenvalue weighted by atomic mass is 10.3. The number of amides is 1. The summed E-state index contributed by atoms with van der Waals surface area (Å²) in [7, 11) is 0. The Hall–Kier alpha value is -2.19. The highest BCUT2D eigenvalue weighted by atomic mass is 32.2. The zero-order valence-corrected chi connectivity index (χ0v) is 12.3. The molecule has 0 saturated heterocycles. The number of fused-ring (bicyclic) bond motifs is 1. The molecule has 2 N–H and O–H groups in total. The van der Waals surface area contributed by atoms with E-state index in [4.69, 9.17) is 5.11 Å². The van der Waals surface area contributed by atoms with Gasteiger partial charge >= 0.3 is 6.09 Å². The van der Waals surface area contributed by atoms with Gasteiger partial charge in [0.15, 0.2) is 5.16 Å². The third kappa shape index (κ3) is 3.47. The second-order valence-corrected chi connectivity index (χ2v) is 6.11. The standard InChI is InChI=1S/C13H10N4O2S2/c18-13(19)16-8-5-14-12(15-6-8)20-7-11-17-9-3-1-2-4-10(9)21-11/h1-6,16H,7H2,(H,18,19).